The Bertz CT molecular complexity index is 467. The highest BCUT2D eigenvalue weighted by Gasteiger charge is 2.35. The first-order chi connectivity index (χ1) is 9.80. The van der Waals surface area contributed by atoms with E-state index < -0.39 is 0 Å². The van der Waals surface area contributed by atoms with Gasteiger partial charge in [-0.15, -0.1) is 0 Å². The second kappa shape index (κ2) is 5.97. The Morgan fingerprint density at radius 3 is 2.20 bits per heavy atom. The summed E-state index contributed by atoms with van der Waals surface area (Å²) in [7, 11) is 0. The van der Waals surface area contributed by atoms with Crippen LogP contribution in [0.15, 0.2) is 24.3 Å². The van der Waals surface area contributed by atoms with Crippen molar-refractivity contribution in [2.75, 3.05) is 13.1 Å². The molecule has 106 valence electrons. The molecule has 1 spiro atoms. The standard InChI is InChI=1S/C18H24N2/c19-14-16-4-6-17(7-5-16)15-20-12-10-18(11-13-20)8-2-1-3-9-18/h4-7H,1-3,8-13,15H2. The molecule has 1 aromatic rings. The number of rotatable bonds is 2. The normalized spacial score (nSPS) is 22.6. The van der Waals surface area contributed by atoms with E-state index in [0.717, 1.165) is 12.1 Å². The van der Waals surface area contributed by atoms with Crippen molar-refractivity contribution in [3.63, 3.8) is 0 Å². The van der Waals surface area contributed by atoms with Gasteiger partial charge in [-0.25, -0.2) is 0 Å². The van der Waals surface area contributed by atoms with Crippen molar-refractivity contribution < 1.29 is 0 Å². The maximum Gasteiger partial charge on any atom is 0.0991 e. The minimum Gasteiger partial charge on any atom is -0.299 e. The summed E-state index contributed by atoms with van der Waals surface area (Å²) in [5.41, 5.74) is 2.79. The largest absolute Gasteiger partial charge is 0.299 e. The summed E-state index contributed by atoms with van der Waals surface area (Å²) in [6, 6.07) is 10.2. The smallest absolute Gasteiger partial charge is 0.0991 e. The molecule has 2 aliphatic rings. The predicted octanol–water partition coefficient (Wildman–Crippen LogP) is 4.10. The molecule has 1 heterocycles. The lowest BCUT2D eigenvalue weighted by atomic mass is 9.68. The zero-order chi connectivity index (χ0) is 13.8. The van der Waals surface area contributed by atoms with Gasteiger partial charge < -0.3 is 0 Å². The number of benzene rings is 1. The second-order valence-electron chi connectivity index (χ2n) is 6.65. The van der Waals surface area contributed by atoms with Crippen molar-refractivity contribution >= 4 is 0 Å². The summed E-state index contributed by atoms with van der Waals surface area (Å²) < 4.78 is 0. The summed E-state index contributed by atoms with van der Waals surface area (Å²) in [6.45, 7) is 3.54. The van der Waals surface area contributed by atoms with Gasteiger partial charge in [-0.2, -0.15) is 5.26 Å². The average molecular weight is 268 g/mol. The molecule has 0 N–H and O–H groups in total. The third-order valence-electron chi connectivity index (χ3n) is 5.32. The third kappa shape index (κ3) is 3.04. The van der Waals surface area contributed by atoms with Crippen LogP contribution in [-0.2, 0) is 6.54 Å². The Morgan fingerprint density at radius 2 is 1.60 bits per heavy atom. The zero-order valence-electron chi connectivity index (χ0n) is 12.3. The van der Waals surface area contributed by atoms with E-state index in [1.807, 2.05) is 12.1 Å². The van der Waals surface area contributed by atoms with E-state index in [9.17, 15) is 0 Å². The van der Waals surface area contributed by atoms with E-state index in [4.69, 9.17) is 5.26 Å². The predicted molar refractivity (Wildman–Crippen MR) is 81.2 cm³/mol. The van der Waals surface area contributed by atoms with Crippen molar-refractivity contribution in [2.45, 2.75) is 51.5 Å². The van der Waals surface area contributed by atoms with Crippen LogP contribution in [0.4, 0.5) is 0 Å². The molecule has 2 fully saturated rings. The Morgan fingerprint density at radius 1 is 0.950 bits per heavy atom. The van der Waals surface area contributed by atoms with E-state index in [1.54, 1.807) is 0 Å². The Labute approximate surface area is 122 Å². The van der Waals surface area contributed by atoms with Crippen LogP contribution in [-0.4, -0.2) is 18.0 Å². The van der Waals surface area contributed by atoms with Gasteiger partial charge in [0.05, 0.1) is 11.6 Å². The average Bonchev–Trinajstić information content (AvgIpc) is 2.52. The summed E-state index contributed by atoms with van der Waals surface area (Å²) >= 11 is 0. The van der Waals surface area contributed by atoms with E-state index >= 15 is 0 Å². The van der Waals surface area contributed by atoms with Crippen molar-refractivity contribution in [1.82, 2.24) is 4.90 Å². The van der Waals surface area contributed by atoms with Crippen LogP contribution in [0.3, 0.4) is 0 Å². The Hall–Kier alpha value is -1.33. The molecule has 20 heavy (non-hydrogen) atoms. The lowest BCUT2D eigenvalue weighted by Crippen LogP contribution is -2.40. The minimum absolute atomic E-state index is 0.694. The topological polar surface area (TPSA) is 27.0 Å². The first kappa shape index (κ1) is 13.6. The molecule has 1 saturated heterocycles. The Balaban J connectivity index is 1.54. The molecule has 0 amide bonds. The zero-order valence-corrected chi connectivity index (χ0v) is 12.3. The molecular formula is C18H24N2. The van der Waals surface area contributed by atoms with Crippen LogP contribution >= 0.6 is 0 Å². The molecular weight excluding hydrogens is 244 g/mol. The number of hydrogen-bond donors (Lipinski definition) is 0. The molecule has 2 nitrogen and oxygen atoms in total. The summed E-state index contributed by atoms with van der Waals surface area (Å²) in [6.07, 6.45) is 10.1. The van der Waals surface area contributed by atoms with Gasteiger partial charge in [-0.3, -0.25) is 4.90 Å². The maximum absolute atomic E-state index is 8.83. The summed E-state index contributed by atoms with van der Waals surface area (Å²) in [5, 5.41) is 8.83. The fraction of sp³-hybridized carbons (Fsp3) is 0.611. The van der Waals surface area contributed by atoms with Crippen LogP contribution in [0.5, 0.6) is 0 Å². The van der Waals surface area contributed by atoms with Crippen molar-refractivity contribution in [2.24, 2.45) is 5.41 Å². The van der Waals surface area contributed by atoms with Crippen LogP contribution < -0.4 is 0 Å². The fourth-order valence-electron chi connectivity index (χ4n) is 3.93. The van der Waals surface area contributed by atoms with Gasteiger partial charge in [0.15, 0.2) is 0 Å². The number of piperidine rings is 1. The quantitative estimate of drug-likeness (QED) is 0.807. The maximum atomic E-state index is 8.83. The van der Waals surface area contributed by atoms with Crippen LogP contribution in [0.25, 0.3) is 0 Å². The van der Waals surface area contributed by atoms with Crippen molar-refractivity contribution in [3.05, 3.63) is 35.4 Å². The molecule has 0 aromatic heterocycles. The molecule has 3 rings (SSSR count). The molecule has 0 unspecified atom stereocenters. The SMILES string of the molecule is N#Cc1ccc(CN2CCC3(CCCCC3)CC2)cc1. The summed E-state index contributed by atoms with van der Waals surface area (Å²) in [4.78, 5) is 2.58. The molecule has 0 radical (unpaired) electrons. The second-order valence-corrected chi connectivity index (χ2v) is 6.65. The summed E-state index contributed by atoms with van der Waals surface area (Å²) in [5.74, 6) is 0. The fourth-order valence-corrected chi connectivity index (χ4v) is 3.93. The van der Waals surface area contributed by atoms with Gasteiger partial charge >= 0.3 is 0 Å². The van der Waals surface area contributed by atoms with Gasteiger partial charge in [-0.1, -0.05) is 31.4 Å². The van der Waals surface area contributed by atoms with Crippen LogP contribution in [0.2, 0.25) is 0 Å². The molecule has 0 bridgehead atoms. The van der Waals surface area contributed by atoms with Gasteiger partial charge in [-0.05, 0) is 61.9 Å². The first-order valence-corrected chi connectivity index (χ1v) is 8.01. The van der Waals surface area contributed by atoms with Crippen LogP contribution in [0, 0.1) is 16.7 Å². The molecule has 0 atom stereocenters. The molecule has 1 aliphatic carbocycles. The van der Waals surface area contributed by atoms with Gasteiger partial charge in [0.2, 0.25) is 0 Å². The third-order valence-corrected chi connectivity index (χ3v) is 5.32. The first-order valence-electron chi connectivity index (χ1n) is 8.01. The van der Waals surface area contributed by atoms with E-state index in [1.165, 1.54) is 63.6 Å². The number of likely N-dealkylation sites (tertiary alicyclic amines) is 1. The number of nitriles is 1. The van der Waals surface area contributed by atoms with E-state index in [-0.39, 0.29) is 0 Å². The molecule has 1 aromatic carbocycles. The highest BCUT2D eigenvalue weighted by molar-refractivity contribution is 5.31. The van der Waals surface area contributed by atoms with E-state index in [0.29, 0.717) is 5.41 Å². The van der Waals surface area contributed by atoms with Crippen molar-refractivity contribution in [1.29, 1.82) is 5.26 Å². The highest BCUT2D eigenvalue weighted by Crippen LogP contribution is 2.44. The highest BCUT2D eigenvalue weighted by atomic mass is 15.1. The minimum atomic E-state index is 0.694. The Kier molecular flexibility index (Phi) is 4.08. The van der Waals surface area contributed by atoms with Crippen molar-refractivity contribution in [3.8, 4) is 6.07 Å². The lowest BCUT2D eigenvalue weighted by molar-refractivity contribution is 0.0641. The van der Waals surface area contributed by atoms with Gasteiger partial charge in [0.25, 0.3) is 0 Å². The number of nitrogens with zero attached hydrogens (tertiary/aromatic N) is 2. The van der Waals surface area contributed by atoms with Crippen LogP contribution in [0.1, 0.15) is 56.1 Å². The van der Waals surface area contributed by atoms with Gasteiger partial charge in [0, 0.05) is 6.54 Å². The monoisotopic (exact) mass is 268 g/mol. The number of hydrogen-bond acceptors (Lipinski definition) is 2. The molecule has 1 saturated carbocycles. The molecule has 1 aliphatic heterocycles. The van der Waals surface area contributed by atoms with E-state index in [2.05, 4.69) is 23.1 Å². The van der Waals surface area contributed by atoms with Gasteiger partial charge in [0.1, 0.15) is 0 Å². The lowest BCUT2D eigenvalue weighted by Gasteiger charge is -2.44. The molecule has 2 heteroatoms.